The molecule has 0 spiro atoms. The molecule has 2 aromatic rings. The largest absolute Gasteiger partial charge is 0.480 e. The smallest absolute Gasteiger partial charge is 0.325 e. The molecule has 0 fully saturated rings. The first kappa shape index (κ1) is 18.1. The number of halogens is 1. The number of hydrogen-bond donors (Lipinski definition) is 2. The van der Waals surface area contributed by atoms with Crippen LogP contribution in [0.5, 0.6) is 0 Å². The number of benzene rings is 1. The number of aliphatic carboxylic acids is 1. The first-order valence-corrected chi connectivity index (χ1v) is 6.87. The van der Waals surface area contributed by atoms with Gasteiger partial charge in [0.25, 0.3) is 0 Å². The van der Waals surface area contributed by atoms with Crippen molar-refractivity contribution in [3.05, 3.63) is 30.1 Å². The lowest BCUT2D eigenvalue weighted by Gasteiger charge is -2.14. The Morgan fingerprint density at radius 3 is 2.64 bits per heavy atom. The van der Waals surface area contributed by atoms with Crippen LogP contribution in [0.1, 0.15) is 12.7 Å². The van der Waals surface area contributed by atoms with Gasteiger partial charge in [0.2, 0.25) is 0 Å². The van der Waals surface area contributed by atoms with Crippen molar-refractivity contribution in [3.63, 3.8) is 0 Å². The van der Waals surface area contributed by atoms with Crippen molar-refractivity contribution in [2.45, 2.75) is 19.4 Å². The molecule has 1 atom stereocenters. The van der Waals surface area contributed by atoms with Crippen LogP contribution in [-0.2, 0) is 11.2 Å². The zero-order valence-electron chi connectivity index (χ0n) is 12.9. The van der Waals surface area contributed by atoms with Crippen LogP contribution in [0.15, 0.2) is 24.3 Å². The van der Waals surface area contributed by atoms with Crippen molar-refractivity contribution < 1.29 is 9.90 Å². The van der Waals surface area contributed by atoms with E-state index in [9.17, 15) is 4.79 Å². The standard InChI is InChI=1S/C15H20N4O2.ClH/c1-10(15(20)21)16-14-11-6-4-5-7-12(11)17-13(18-14)8-9-19(2)3;/h4-7,10H,8-9H2,1-3H3,(H,20,21)(H,16,17,18);1H. The normalized spacial score (nSPS) is 12.0. The lowest BCUT2D eigenvalue weighted by molar-refractivity contribution is -0.137. The number of carbonyl (C=O) groups is 1. The molecule has 22 heavy (non-hydrogen) atoms. The van der Waals surface area contributed by atoms with Crippen LogP contribution < -0.4 is 5.32 Å². The summed E-state index contributed by atoms with van der Waals surface area (Å²) in [7, 11) is 3.99. The fourth-order valence-corrected chi connectivity index (χ4v) is 1.94. The summed E-state index contributed by atoms with van der Waals surface area (Å²) in [5.74, 6) is 0.374. The predicted octanol–water partition coefficient (Wildman–Crippen LogP) is 2.04. The van der Waals surface area contributed by atoms with Crippen LogP contribution in [0.25, 0.3) is 10.9 Å². The molecule has 0 aliphatic rings. The fourth-order valence-electron chi connectivity index (χ4n) is 1.94. The van der Waals surface area contributed by atoms with Gasteiger partial charge in [-0.3, -0.25) is 4.79 Å². The van der Waals surface area contributed by atoms with Gasteiger partial charge < -0.3 is 15.3 Å². The lowest BCUT2D eigenvalue weighted by atomic mass is 10.2. The van der Waals surface area contributed by atoms with Gasteiger partial charge in [-0.25, -0.2) is 9.97 Å². The first-order valence-electron chi connectivity index (χ1n) is 6.87. The molecule has 7 heteroatoms. The van der Waals surface area contributed by atoms with Gasteiger partial charge in [-0.1, -0.05) is 12.1 Å². The number of para-hydroxylation sites is 1. The lowest BCUT2D eigenvalue weighted by Crippen LogP contribution is -2.26. The van der Waals surface area contributed by atoms with Crippen molar-refractivity contribution in [1.82, 2.24) is 14.9 Å². The molecule has 0 radical (unpaired) electrons. The number of nitrogens with zero attached hydrogens (tertiary/aromatic N) is 3. The molecular weight excluding hydrogens is 304 g/mol. The molecule has 0 aliphatic carbocycles. The maximum atomic E-state index is 11.0. The Morgan fingerprint density at radius 2 is 2.00 bits per heavy atom. The Kier molecular flexibility index (Phi) is 6.52. The summed E-state index contributed by atoms with van der Waals surface area (Å²) in [5, 5.41) is 12.8. The van der Waals surface area contributed by atoms with Crippen LogP contribution in [0.2, 0.25) is 0 Å². The highest BCUT2D eigenvalue weighted by Crippen LogP contribution is 2.21. The van der Waals surface area contributed by atoms with Gasteiger partial charge in [-0.15, -0.1) is 12.4 Å². The van der Waals surface area contributed by atoms with E-state index in [2.05, 4.69) is 20.2 Å². The van der Waals surface area contributed by atoms with Crippen molar-refractivity contribution >= 4 is 35.1 Å². The predicted molar refractivity (Wildman–Crippen MR) is 89.8 cm³/mol. The van der Waals surface area contributed by atoms with Gasteiger partial charge >= 0.3 is 5.97 Å². The van der Waals surface area contributed by atoms with Gasteiger partial charge in [-0.05, 0) is 33.2 Å². The first-order chi connectivity index (χ1) is 9.97. The van der Waals surface area contributed by atoms with E-state index in [4.69, 9.17) is 5.11 Å². The molecule has 0 amide bonds. The monoisotopic (exact) mass is 324 g/mol. The number of fused-ring (bicyclic) bond motifs is 1. The number of carboxylic acid groups (broad SMARTS) is 1. The Morgan fingerprint density at radius 1 is 1.32 bits per heavy atom. The zero-order valence-corrected chi connectivity index (χ0v) is 13.7. The summed E-state index contributed by atoms with van der Waals surface area (Å²) in [6.45, 7) is 2.44. The number of aromatic nitrogens is 2. The van der Waals surface area contributed by atoms with Crippen molar-refractivity contribution in [1.29, 1.82) is 0 Å². The molecule has 0 saturated carbocycles. The Hall–Kier alpha value is -1.92. The van der Waals surface area contributed by atoms with E-state index in [0.29, 0.717) is 18.1 Å². The van der Waals surface area contributed by atoms with Crippen molar-refractivity contribution in [2.75, 3.05) is 26.0 Å². The molecule has 1 aromatic carbocycles. The number of rotatable bonds is 6. The minimum atomic E-state index is -0.910. The molecule has 1 aromatic heterocycles. The van der Waals surface area contributed by atoms with E-state index in [1.165, 1.54) is 0 Å². The number of nitrogens with one attached hydrogen (secondary N) is 1. The maximum Gasteiger partial charge on any atom is 0.325 e. The minimum absolute atomic E-state index is 0. The summed E-state index contributed by atoms with van der Waals surface area (Å²) in [5.41, 5.74) is 0.821. The topological polar surface area (TPSA) is 78.4 Å². The van der Waals surface area contributed by atoms with Crippen LogP contribution in [0, 0.1) is 0 Å². The molecule has 1 unspecified atom stereocenters. The molecule has 6 nitrogen and oxygen atoms in total. The second-order valence-corrected chi connectivity index (χ2v) is 5.26. The van der Waals surface area contributed by atoms with E-state index < -0.39 is 12.0 Å². The number of hydrogen-bond acceptors (Lipinski definition) is 5. The highest BCUT2D eigenvalue weighted by Gasteiger charge is 2.14. The van der Waals surface area contributed by atoms with E-state index >= 15 is 0 Å². The second-order valence-electron chi connectivity index (χ2n) is 5.26. The summed E-state index contributed by atoms with van der Waals surface area (Å²) in [6.07, 6.45) is 0.716. The summed E-state index contributed by atoms with van der Waals surface area (Å²) in [4.78, 5) is 22.1. The SMILES string of the molecule is CC(Nc1nc(CCN(C)C)nc2ccccc12)C(=O)O.Cl. The van der Waals surface area contributed by atoms with E-state index in [0.717, 1.165) is 17.4 Å². The molecule has 2 rings (SSSR count). The number of anilines is 1. The Labute approximate surface area is 136 Å². The molecule has 0 bridgehead atoms. The average Bonchev–Trinajstić information content (AvgIpc) is 2.45. The molecule has 2 N–H and O–H groups in total. The summed E-state index contributed by atoms with van der Waals surface area (Å²) >= 11 is 0. The van der Waals surface area contributed by atoms with Crippen molar-refractivity contribution in [3.8, 4) is 0 Å². The van der Waals surface area contributed by atoms with Gasteiger partial charge in [0.15, 0.2) is 0 Å². The molecule has 0 saturated heterocycles. The minimum Gasteiger partial charge on any atom is -0.480 e. The average molecular weight is 325 g/mol. The highest BCUT2D eigenvalue weighted by atomic mass is 35.5. The van der Waals surface area contributed by atoms with E-state index in [1.54, 1.807) is 6.92 Å². The van der Waals surface area contributed by atoms with Gasteiger partial charge in [0, 0.05) is 18.4 Å². The van der Waals surface area contributed by atoms with Crippen LogP contribution in [0.3, 0.4) is 0 Å². The van der Waals surface area contributed by atoms with E-state index in [-0.39, 0.29) is 12.4 Å². The fraction of sp³-hybridized carbons (Fsp3) is 0.400. The summed E-state index contributed by atoms with van der Waals surface area (Å²) < 4.78 is 0. The van der Waals surface area contributed by atoms with E-state index in [1.807, 2.05) is 38.4 Å². The van der Waals surface area contributed by atoms with Gasteiger partial charge in [-0.2, -0.15) is 0 Å². The maximum absolute atomic E-state index is 11.0. The van der Waals surface area contributed by atoms with Gasteiger partial charge in [0.05, 0.1) is 5.52 Å². The zero-order chi connectivity index (χ0) is 15.4. The van der Waals surface area contributed by atoms with Crippen LogP contribution >= 0.6 is 12.4 Å². The Balaban J connectivity index is 0.00000242. The summed E-state index contributed by atoms with van der Waals surface area (Å²) in [6, 6.07) is 6.90. The quantitative estimate of drug-likeness (QED) is 0.846. The molecule has 1 heterocycles. The molecular formula is C15H21ClN4O2. The van der Waals surface area contributed by atoms with Crippen LogP contribution in [-0.4, -0.2) is 52.6 Å². The third-order valence-corrected chi connectivity index (χ3v) is 3.16. The third kappa shape index (κ3) is 4.54. The second kappa shape index (κ2) is 7.91. The Bertz CT molecular complexity index is 648. The van der Waals surface area contributed by atoms with Gasteiger partial charge in [0.1, 0.15) is 17.7 Å². The number of carboxylic acids is 1. The highest BCUT2D eigenvalue weighted by molar-refractivity contribution is 5.90. The van der Waals surface area contributed by atoms with Crippen LogP contribution in [0.4, 0.5) is 5.82 Å². The number of likely N-dealkylation sites (N-methyl/N-ethyl adjacent to an activating group) is 1. The van der Waals surface area contributed by atoms with Crippen molar-refractivity contribution in [2.24, 2.45) is 0 Å². The molecule has 0 aliphatic heterocycles. The molecule has 120 valence electrons. The third-order valence-electron chi connectivity index (χ3n) is 3.16.